The molecule has 1 aliphatic carbocycles. The van der Waals surface area contributed by atoms with Crippen LogP contribution >= 0.6 is 11.3 Å². The monoisotopic (exact) mass is 260 g/mol. The molecule has 1 heterocycles. The second-order valence-corrected chi connectivity index (χ2v) is 5.45. The minimum absolute atomic E-state index is 0.495. The van der Waals surface area contributed by atoms with Gasteiger partial charge in [0.2, 0.25) is 0 Å². The number of thiazole rings is 1. The molecule has 0 aliphatic heterocycles. The number of hydrogen-bond donors (Lipinski definition) is 1. The molecule has 0 atom stereocenters. The van der Waals surface area contributed by atoms with E-state index < -0.39 is 0 Å². The summed E-state index contributed by atoms with van der Waals surface area (Å²) >= 11 is 1.60. The summed E-state index contributed by atoms with van der Waals surface area (Å²) in [6.45, 7) is 1.03. The maximum absolute atomic E-state index is 5.78. The minimum Gasteiger partial charge on any atom is -0.486 e. The van der Waals surface area contributed by atoms with Crippen molar-refractivity contribution in [1.29, 1.82) is 0 Å². The van der Waals surface area contributed by atoms with Crippen LogP contribution < -0.4 is 10.5 Å². The van der Waals surface area contributed by atoms with E-state index in [2.05, 4.69) is 23.2 Å². The van der Waals surface area contributed by atoms with Gasteiger partial charge in [0.05, 0.1) is 5.69 Å². The molecule has 3 rings (SSSR count). The summed E-state index contributed by atoms with van der Waals surface area (Å²) in [6, 6.07) is 6.41. The number of rotatable bonds is 4. The second-order valence-electron chi connectivity index (χ2n) is 4.51. The van der Waals surface area contributed by atoms with Gasteiger partial charge in [0, 0.05) is 11.9 Å². The number of aromatic nitrogens is 1. The summed E-state index contributed by atoms with van der Waals surface area (Å²) in [6.07, 6.45) is 3.66. The van der Waals surface area contributed by atoms with E-state index in [0.29, 0.717) is 13.2 Å². The van der Waals surface area contributed by atoms with Crippen molar-refractivity contribution in [3.63, 3.8) is 0 Å². The van der Waals surface area contributed by atoms with Crippen molar-refractivity contribution < 1.29 is 4.74 Å². The summed E-state index contributed by atoms with van der Waals surface area (Å²) in [5.41, 5.74) is 9.39. The lowest BCUT2D eigenvalue weighted by Crippen LogP contribution is -1.99. The highest BCUT2D eigenvalue weighted by Gasteiger charge is 2.11. The first-order valence-electron chi connectivity index (χ1n) is 6.23. The molecule has 0 bridgehead atoms. The van der Waals surface area contributed by atoms with E-state index in [-0.39, 0.29) is 0 Å². The van der Waals surface area contributed by atoms with Crippen LogP contribution in [-0.4, -0.2) is 4.98 Å². The average Bonchev–Trinajstić information content (AvgIpc) is 3.04. The van der Waals surface area contributed by atoms with Crippen LogP contribution in [0.15, 0.2) is 23.6 Å². The number of nitrogens with zero attached hydrogens (tertiary/aromatic N) is 1. The molecule has 0 unspecified atom stereocenters. The molecule has 1 aliphatic rings. The fourth-order valence-corrected chi connectivity index (χ4v) is 3.01. The summed E-state index contributed by atoms with van der Waals surface area (Å²) in [7, 11) is 0. The fraction of sp³-hybridized carbons (Fsp3) is 0.357. The molecule has 0 spiro atoms. The van der Waals surface area contributed by atoms with Crippen LogP contribution in [0.5, 0.6) is 5.75 Å². The molecule has 0 fully saturated rings. The summed E-state index contributed by atoms with van der Waals surface area (Å²) in [4.78, 5) is 4.38. The smallest absolute Gasteiger partial charge is 0.140 e. The van der Waals surface area contributed by atoms with Gasteiger partial charge in [-0.3, -0.25) is 0 Å². The Bertz CT molecular complexity index is 550. The van der Waals surface area contributed by atoms with Crippen LogP contribution in [0.2, 0.25) is 0 Å². The molecule has 0 radical (unpaired) electrons. The number of ether oxygens (including phenoxy) is 1. The van der Waals surface area contributed by atoms with Crippen LogP contribution in [0, 0.1) is 0 Å². The first kappa shape index (κ1) is 11.7. The Kier molecular flexibility index (Phi) is 3.30. The van der Waals surface area contributed by atoms with Crippen molar-refractivity contribution >= 4 is 11.3 Å². The van der Waals surface area contributed by atoms with Gasteiger partial charge in [-0.15, -0.1) is 11.3 Å². The zero-order chi connectivity index (χ0) is 12.4. The van der Waals surface area contributed by atoms with Crippen LogP contribution in [-0.2, 0) is 26.0 Å². The zero-order valence-electron chi connectivity index (χ0n) is 10.2. The quantitative estimate of drug-likeness (QED) is 0.919. The lowest BCUT2D eigenvalue weighted by atomic mass is 10.1. The Morgan fingerprint density at radius 2 is 2.17 bits per heavy atom. The number of benzene rings is 1. The van der Waals surface area contributed by atoms with Gasteiger partial charge in [-0.1, -0.05) is 6.07 Å². The third-order valence-electron chi connectivity index (χ3n) is 3.24. The third-order valence-corrected chi connectivity index (χ3v) is 4.11. The van der Waals surface area contributed by atoms with Crippen molar-refractivity contribution in [2.75, 3.05) is 0 Å². The van der Waals surface area contributed by atoms with E-state index in [1.807, 2.05) is 5.38 Å². The van der Waals surface area contributed by atoms with E-state index >= 15 is 0 Å². The number of nitrogens with two attached hydrogens (primary N) is 1. The van der Waals surface area contributed by atoms with Crippen LogP contribution in [0.3, 0.4) is 0 Å². The van der Waals surface area contributed by atoms with Gasteiger partial charge in [0.15, 0.2) is 0 Å². The molecule has 2 aromatic rings. The van der Waals surface area contributed by atoms with E-state index in [4.69, 9.17) is 10.5 Å². The minimum atomic E-state index is 0.495. The molecule has 0 saturated carbocycles. The van der Waals surface area contributed by atoms with Crippen LogP contribution in [0.1, 0.15) is 28.2 Å². The number of aryl methyl sites for hydroxylation is 2. The maximum Gasteiger partial charge on any atom is 0.140 e. The van der Waals surface area contributed by atoms with E-state index in [1.54, 1.807) is 11.3 Å². The third kappa shape index (κ3) is 2.40. The first-order valence-corrected chi connectivity index (χ1v) is 7.11. The highest BCUT2D eigenvalue weighted by atomic mass is 32.1. The van der Waals surface area contributed by atoms with Crippen molar-refractivity contribution in [1.82, 2.24) is 4.98 Å². The van der Waals surface area contributed by atoms with Crippen LogP contribution in [0.4, 0.5) is 0 Å². The highest BCUT2D eigenvalue weighted by Crippen LogP contribution is 2.26. The van der Waals surface area contributed by atoms with E-state index in [1.165, 1.54) is 30.4 Å². The van der Waals surface area contributed by atoms with Gasteiger partial charge in [-0.05, 0) is 42.5 Å². The SMILES string of the molecule is NCc1csc(COc2ccc3c(c2)CCC3)n1. The first-order chi connectivity index (χ1) is 8.85. The predicted molar refractivity (Wildman–Crippen MR) is 72.8 cm³/mol. The predicted octanol–water partition coefficient (Wildman–Crippen LogP) is 2.67. The van der Waals surface area contributed by atoms with Crippen molar-refractivity contribution in [2.24, 2.45) is 5.73 Å². The molecule has 3 nitrogen and oxygen atoms in total. The molecule has 94 valence electrons. The Morgan fingerprint density at radius 1 is 1.28 bits per heavy atom. The summed E-state index contributed by atoms with van der Waals surface area (Å²) < 4.78 is 5.78. The molecule has 1 aromatic carbocycles. The van der Waals surface area contributed by atoms with Crippen molar-refractivity contribution in [3.8, 4) is 5.75 Å². The molecule has 18 heavy (non-hydrogen) atoms. The Balaban J connectivity index is 1.66. The normalized spacial score (nSPS) is 13.6. The van der Waals surface area contributed by atoms with Crippen molar-refractivity contribution in [3.05, 3.63) is 45.4 Å². The molecule has 2 N–H and O–H groups in total. The fourth-order valence-electron chi connectivity index (χ4n) is 2.29. The average molecular weight is 260 g/mol. The lowest BCUT2D eigenvalue weighted by Gasteiger charge is -2.06. The van der Waals surface area contributed by atoms with Crippen LogP contribution in [0.25, 0.3) is 0 Å². The molecule has 0 amide bonds. The topological polar surface area (TPSA) is 48.1 Å². The van der Waals surface area contributed by atoms with Gasteiger partial charge in [0.25, 0.3) is 0 Å². The largest absolute Gasteiger partial charge is 0.486 e. The van der Waals surface area contributed by atoms with E-state index in [9.17, 15) is 0 Å². The van der Waals surface area contributed by atoms with E-state index in [0.717, 1.165) is 16.5 Å². The van der Waals surface area contributed by atoms with Crippen molar-refractivity contribution in [2.45, 2.75) is 32.4 Å². The van der Waals surface area contributed by atoms with Gasteiger partial charge in [-0.2, -0.15) is 0 Å². The highest BCUT2D eigenvalue weighted by molar-refractivity contribution is 7.09. The number of fused-ring (bicyclic) bond motifs is 1. The van der Waals surface area contributed by atoms with Gasteiger partial charge < -0.3 is 10.5 Å². The number of hydrogen-bond acceptors (Lipinski definition) is 4. The maximum atomic E-state index is 5.78. The Morgan fingerprint density at radius 3 is 3.00 bits per heavy atom. The Labute approximate surface area is 111 Å². The van der Waals surface area contributed by atoms with Gasteiger partial charge in [-0.25, -0.2) is 4.98 Å². The zero-order valence-corrected chi connectivity index (χ0v) is 11.0. The summed E-state index contributed by atoms with van der Waals surface area (Å²) in [5, 5.41) is 2.97. The Hall–Kier alpha value is -1.39. The summed E-state index contributed by atoms with van der Waals surface area (Å²) in [5.74, 6) is 0.945. The molecular formula is C14H16N2OS. The molecule has 1 aromatic heterocycles. The lowest BCUT2D eigenvalue weighted by molar-refractivity contribution is 0.305. The molecule has 0 saturated heterocycles. The molecular weight excluding hydrogens is 244 g/mol. The second kappa shape index (κ2) is 5.08. The van der Waals surface area contributed by atoms with Gasteiger partial charge >= 0.3 is 0 Å². The standard InChI is InChI=1S/C14H16N2OS/c15-7-12-9-18-14(16-12)8-17-13-5-4-10-2-1-3-11(10)6-13/h4-6,9H,1-3,7-8,15H2. The van der Waals surface area contributed by atoms with Gasteiger partial charge in [0.1, 0.15) is 17.4 Å². The molecule has 4 heteroatoms.